The Hall–Kier alpha value is -1.01. The van der Waals surface area contributed by atoms with Crippen LogP contribution in [0.2, 0.25) is 0 Å². The molecule has 0 aromatic heterocycles. The number of ether oxygens (including phenoxy) is 4. The first-order valence-corrected chi connectivity index (χ1v) is 30.8. The van der Waals surface area contributed by atoms with Crippen LogP contribution < -0.4 is 5.32 Å². The van der Waals surface area contributed by atoms with E-state index in [1.165, 1.54) is 199 Å². The fraction of sp³-hybridized carbons (Fsp3) is 0.983. The Kier molecular flexibility index (Phi) is 42.9. The Morgan fingerprint density at radius 1 is 0.438 bits per heavy atom. The Bertz CT molecular complexity index is 1230. The summed E-state index contributed by atoms with van der Waals surface area (Å²) in [7, 11) is 0. The van der Waals surface area contributed by atoms with E-state index >= 15 is 0 Å². The molecule has 2 aliphatic rings. The third-order valence-corrected chi connectivity index (χ3v) is 15.6. The molecule has 2 rings (SSSR count). The molecule has 14 heteroatoms. The fourth-order valence-corrected chi connectivity index (χ4v) is 10.6. The lowest BCUT2D eigenvalue weighted by Crippen LogP contribution is -2.65. The van der Waals surface area contributed by atoms with Gasteiger partial charge in [-0.2, -0.15) is 0 Å². The van der Waals surface area contributed by atoms with Gasteiger partial charge in [-0.05, 0) is 12.8 Å². The monoisotopic (exact) mass is 1050 g/mol. The van der Waals surface area contributed by atoms with Gasteiger partial charge in [0.2, 0.25) is 5.91 Å². The first-order valence-electron chi connectivity index (χ1n) is 30.8. The average Bonchev–Trinajstić information content (AvgIpc) is 3.39. The molecule has 12 atom stereocenters. The normalized spacial score (nSPS) is 25.3. The van der Waals surface area contributed by atoms with Crippen molar-refractivity contribution in [1.29, 1.82) is 0 Å². The van der Waals surface area contributed by atoms with Gasteiger partial charge in [-0.15, -0.1) is 0 Å². The summed E-state index contributed by atoms with van der Waals surface area (Å²) in [5.74, 6) is -0.200. The molecule has 2 saturated heterocycles. The number of carbonyl (C=O) groups excluding carboxylic acids is 1. The minimum absolute atomic E-state index is 0.200. The Morgan fingerprint density at radius 2 is 0.781 bits per heavy atom. The van der Waals surface area contributed by atoms with Gasteiger partial charge in [0.25, 0.3) is 0 Å². The maximum Gasteiger partial charge on any atom is 0.220 e. The molecule has 0 aromatic carbocycles. The van der Waals surface area contributed by atoms with E-state index in [-0.39, 0.29) is 12.5 Å². The van der Waals surface area contributed by atoms with Crippen molar-refractivity contribution in [2.45, 2.75) is 351 Å². The van der Waals surface area contributed by atoms with Gasteiger partial charge in [-0.3, -0.25) is 4.79 Å². The molecule has 0 radical (unpaired) electrons. The van der Waals surface area contributed by atoms with Crippen LogP contribution in [-0.4, -0.2) is 140 Å². The van der Waals surface area contributed by atoms with Crippen LogP contribution in [0.3, 0.4) is 0 Å². The SMILES string of the molecule is CCCCCCCCCCCCCCCCCCCCCCCCCCCC(=O)N[C@@H](CO[C@@H]1O[C@H](CO)[C@@H](O[C@@H]2O[C@H](CO)[C@H](O)C(O)C2O)C(O)C1O)[C@H](O)CCCCCCCCCCCCCCCC. The quantitative estimate of drug-likeness (QED) is 0.0259. The predicted molar refractivity (Wildman–Crippen MR) is 291 cm³/mol. The van der Waals surface area contributed by atoms with E-state index in [4.69, 9.17) is 18.9 Å². The van der Waals surface area contributed by atoms with Crippen molar-refractivity contribution in [3.8, 4) is 0 Å². The minimum Gasteiger partial charge on any atom is -0.394 e. The summed E-state index contributed by atoms with van der Waals surface area (Å²) in [6, 6.07) is -0.822. The molecule has 0 saturated carbocycles. The second kappa shape index (κ2) is 46.0. The lowest BCUT2D eigenvalue weighted by atomic mass is 9.97. The highest BCUT2D eigenvalue weighted by molar-refractivity contribution is 5.76. The number of carbonyl (C=O) groups is 1. The molecule has 2 aliphatic heterocycles. The van der Waals surface area contributed by atoms with Crippen LogP contribution in [0.15, 0.2) is 0 Å². The van der Waals surface area contributed by atoms with E-state index in [0.29, 0.717) is 12.8 Å². The zero-order valence-corrected chi connectivity index (χ0v) is 46.7. The van der Waals surface area contributed by atoms with Crippen LogP contribution >= 0.6 is 0 Å². The summed E-state index contributed by atoms with van der Waals surface area (Å²) >= 11 is 0. The number of rotatable bonds is 50. The van der Waals surface area contributed by atoms with E-state index in [2.05, 4.69) is 19.2 Å². The minimum atomic E-state index is -1.78. The van der Waals surface area contributed by atoms with Crippen molar-refractivity contribution < 1.29 is 64.6 Å². The van der Waals surface area contributed by atoms with E-state index in [1.54, 1.807) is 0 Å². The van der Waals surface area contributed by atoms with Crippen LogP contribution in [0.25, 0.3) is 0 Å². The van der Waals surface area contributed by atoms with Crippen LogP contribution in [-0.2, 0) is 23.7 Å². The molecule has 4 unspecified atom stereocenters. The molecule has 14 nitrogen and oxygen atoms in total. The zero-order chi connectivity index (χ0) is 53.2. The molecule has 1 amide bonds. The number of hydrogen-bond donors (Lipinski definition) is 9. The zero-order valence-electron chi connectivity index (χ0n) is 46.7. The highest BCUT2D eigenvalue weighted by Crippen LogP contribution is 2.30. The van der Waals surface area contributed by atoms with Crippen LogP contribution in [0, 0.1) is 0 Å². The predicted octanol–water partition coefficient (Wildman–Crippen LogP) is 10.5. The molecule has 0 aliphatic carbocycles. The molecule has 2 fully saturated rings. The van der Waals surface area contributed by atoms with Gasteiger partial charge in [-0.25, -0.2) is 0 Å². The number of aliphatic hydroxyl groups is 8. The van der Waals surface area contributed by atoms with E-state index in [1.807, 2.05) is 0 Å². The highest BCUT2D eigenvalue weighted by Gasteiger charge is 2.51. The van der Waals surface area contributed by atoms with E-state index < -0.39 is 86.8 Å². The van der Waals surface area contributed by atoms with E-state index in [0.717, 1.165) is 51.4 Å². The third-order valence-electron chi connectivity index (χ3n) is 15.6. The molecule has 0 bridgehead atoms. The number of unbranched alkanes of at least 4 members (excludes halogenated alkanes) is 37. The smallest absolute Gasteiger partial charge is 0.220 e. The second-order valence-corrected chi connectivity index (χ2v) is 22.2. The molecule has 434 valence electrons. The summed E-state index contributed by atoms with van der Waals surface area (Å²) in [5, 5.41) is 87.2. The van der Waals surface area contributed by atoms with Gasteiger partial charge in [0.1, 0.15) is 48.8 Å². The molecule has 9 N–H and O–H groups in total. The second-order valence-electron chi connectivity index (χ2n) is 22.2. The standard InChI is InChI=1S/C59H115NO13/c1-3-5-7-9-11-13-15-17-19-20-21-22-23-24-25-26-27-28-29-31-33-35-37-39-41-43-51(64)60-47(48(63)42-40-38-36-34-32-30-18-16-14-12-10-8-6-4-2)46-70-58-56(69)54(67)57(50(45-62)72-58)73-59-55(68)53(66)52(65)49(44-61)71-59/h47-50,52-59,61-63,65-69H,3-46H2,1-2H3,(H,60,64)/t47-,48+,49+,50+,52-,53?,54?,55?,56?,57+,58+,59-/m0/s1. The van der Waals surface area contributed by atoms with Crippen molar-refractivity contribution in [2.75, 3.05) is 19.8 Å². The van der Waals surface area contributed by atoms with Crippen LogP contribution in [0.4, 0.5) is 0 Å². The maximum atomic E-state index is 13.3. The molecular weight excluding hydrogens is 931 g/mol. The van der Waals surface area contributed by atoms with Gasteiger partial charge in [0.15, 0.2) is 12.6 Å². The van der Waals surface area contributed by atoms with Gasteiger partial charge >= 0.3 is 0 Å². The number of aliphatic hydroxyl groups excluding tert-OH is 8. The van der Waals surface area contributed by atoms with Gasteiger partial charge in [0, 0.05) is 6.42 Å². The summed E-state index contributed by atoms with van der Waals surface area (Å²) in [4.78, 5) is 13.3. The summed E-state index contributed by atoms with van der Waals surface area (Å²) in [6.45, 7) is 2.90. The lowest BCUT2D eigenvalue weighted by molar-refractivity contribution is -0.359. The number of nitrogens with one attached hydrogen (secondary N) is 1. The van der Waals surface area contributed by atoms with Crippen LogP contribution in [0.1, 0.15) is 277 Å². The first-order chi connectivity index (χ1) is 35.6. The number of amides is 1. The van der Waals surface area contributed by atoms with E-state index in [9.17, 15) is 45.6 Å². The van der Waals surface area contributed by atoms with Crippen molar-refractivity contribution in [3.63, 3.8) is 0 Å². The molecule has 2 heterocycles. The van der Waals surface area contributed by atoms with Crippen molar-refractivity contribution >= 4 is 5.91 Å². The molecule has 0 aromatic rings. The lowest BCUT2D eigenvalue weighted by Gasteiger charge is -2.46. The first kappa shape index (κ1) is 68.1. The fourth-order valence-electron chi connectivity index (χ4n) is 10.6. The van der Waals surface area contributed by atoms with Crippen molar-refractivity contribution in [3.05, 3.63) is 0 Å². The summed E-state index contributed by atoms with van der Waals surface area (Å²) < 4.78 is 22.8. The maximum absolute atomic E-state index is 13.3. The van der Waals surface area contributed by atoms with Crippen LogP contribution in [0.5, 0.6) is 0 Å². The van der Waals surface area contributed by atoms with Crippen molar-refractivity contribution in [1.82, 2.24) is 5.32 Å². The summed E-state index contributed by atoms with van der Waals surface area (Å²) in [6.07, 6.45) is 34.0. The largest absolute Gasteiger partial charge is 0.394 e. The molecule has 73 heavy (non-hydrogen) atoms. The van der Waals surface area contributed by atoms with Gasteiger partial charge in [-0.1, -0.05) is 258 Å². The summed E-state index contributed by atoms with van der Waals surface area (Å²) in [5.41, 5.74) is 0. The topological polar surface area (TPSA) is 228 Å². The Balaban J connectivity index is 1.69. The average molecular weight is 1050 g/mol. The van der Waals surface area contributed by atoms with Gasteiger partial charge < -0.3 is 65.1 Å². The molecular formula is C59H115NO13. The highest BCUT2D eigenvalue weighted by atomic mass is 16.7. The Labute approximate surface area is 444 Å². The number of hydrogen-bond acceptors (Lipinski definition) is 13. The molecule has 0 spiro atoms. The van der Waals surface area contributed by atoms with Crippen molar-refractivity contribution in [2.24, 2.45) is 0 Å². The Morgan fingerprint density at radius 3 is 1.16 bits per heavy atom. The van der Waals surface area contributed by atoms with Gasteiger partial charge in [0.05, 0.1) is 32.0 Å². The third kappa shape index (κ3) is 31.9.